The van der Waals surface area contributed by atoms with E-state index in [1.807, 2.05) is 18.2 Å². The van der Waals surface area contributed by atoms with Crippen molar-refractivity contribution in [2.75, 3.05) is 26.4 Å². The highest BCUT2D eigenvalue weighted by molar-refractivity contribution is 5.77. The quantitative estimate of drug-likeness (QED) is 0.795. The van der Waals surface area contributed by atoms with Crippen molar-refractivity contribution in [1.82, 2.24) is 9.80 Å². The average Bonchev–Trinajstić information content (AvgIpc) is 3.35. The van der Waals surface area contributed by atoms with Crippen molar-refractivity contribution in [3.8, 4) is 11.5 Å². The standard InChI is InChI=1S/C18H24N2O3.C2HF3O2/c1-13-15-3-2-8-19(15)9-10-20(13)18(21)7-5-14-4-6-16-17(11-14)23-12-22-16;3-2(4,5)1(6)7/h4,6,11,13,15H,2-3,5,7-10,12H2,1H3;(H,6,7). The molecule has 2 saturated heterocycles. The highest BCUT2D eigenvalue weighted by atomic mass is 19.4. The van der Waals surface area contributed by atoms with E-state index in [0.29, 0.717) is 25.3 Å². The lowest BCUT2D eigenvalue weighted by atomic mass is 10.0. The summed E-state index contributed by atoms with van der Waals surface area (Å²) in [6.45, 7) is 5.61. The molecular weight excluding hydrogens is 405 g/mol. The molecule has 3 heterocycles. The van der Waals surface area contributed by atoms with Gasteiger partial charge >= 0.3 is 12.1 Å². The summed E-state index contributed by atoms with van der Waals surface area (Å²) in [5.41, 5.74) is 1.13. The first kappa shape index (κ1) is 22.2. The van der Waals surface area contributed by atoms with Gasteiger partial charge in [0.2, 0.25) is 12.7 Å². The van der Waals surface area contributed by atoms with E-state index in [1.165, 1.54) is 19.4 Å². The summed E-state index contributed by atoms with van der Waals surface area (Å²) >= 11 is 0. The molecule has 0 radical (unpaired) electrons. The predicted octanol–water partition coefficient (Wildman–Crippen LogP) is 2.68. The molecule has 4 rings (SSSR count). The molecule has 1 N–H and O–H groups in total. The number of alkyl halides is 3. The van der Waals surface area contributed by atoms with Crippen LogP contribution in [0.4, 0.5) is 13.2 Å². The molecule has 7 nitrogen and oxygen atoms in total. The molecular formula is C20H25F3N2O5. The Morgan fingerprint density at radius 1 is 1.17 bits per heavy atom. The second-order valence-corrected chi connectivity index (χ2v) is 7.56. The zero-order valence-electron chi connectivity index (χ0n) is 16.7. The Bertz CT molecular complexity index is 786. The molecule has 30 heavy (non-hydrogen) atoms. The molecule has 1 aromatic carbocycles. The summed E-state index contributed by atoms with van der Waals surface area (Å²) in [5, 5.41) is 7.12. The third kappa shape index (κ3) is 5.16. The molecule has 0 spiro atoms. The van der Waals surface area contributed by atoms with Crippen molar-refractivity contribution in [2.24, 2.45) is 0 Å². The fraction of sp³-hybridized carbons (Fsp3) is 0.600. The molecule has 1 aromatic rings. The van der Waals surface area contributed by atoms with Crippen LogP contribution in [0.2, 0.25) is 0 Å². The number of nitrogens with zero attached hydrogens (tertiary/aromatic N) is 2. The number of fused-ring (bicyclic) bond motifs is 2. The first-order chi connectivity index (χ1) is 14.2. The van der Waals surface area contributed by atoms with Crippen molar-refractivity contribution in [2.45, 2.75) is 50.9 Å². The van der Waals surface area contributed by atoms with Crippen molar-refractivity contribution in [3.05, 3.63) is 23.8 Å². The van der Waals surface area contributed by atoms with Crippen molar-refractivity contribution < 1.29 is 37.3 Å². The van der Waals surface area contributed by atoms with Crippen LogP contribution in [0, 0.1) is 0 Å². The zero-order valence-corrected chi connectivity index (χ0v) is 16.7. The molecule has 0 aromatic heterocycles. The van der Waals surface area contributed by atoms with Crippen LogP contribution in [0.3, 0.4) is 0 Å². The minimum atomic E-state index is -5.08. The molecule has 0 saturated carbocycles. The molecule has 2 unspecified atom stereocenters. The zero-order chi connectivity index (χ0) is 21.9. The SMILES string of the molecule is CC1C2CCCN2CCN1C(=O)CCc1ccc2c(c1)OCO2.O=C(O)C(F)(F)F. The first-order valence-corrected chi connectivity index (χ1v) is 9.89. The molecule has 3 aliphatic rings. The minimum Gasteiger partial charge on any atom is -0.475 e. The third-order valence-corrected chi connectivity index (χ3v) is 5.72. The Hall–Kier alpha value is -2.49. The number of amides is 1. The smallest absolute Gasteiger partial charge is 0.475 e. The molecule has 166 valence electrons. The molecule has 3 aliphatic heterocycles. The number of carbonyl (C=O) groups is 2. The minimum absolute atomic E-state index is 0.279. The molecule has 1 amide bonds. The lowest BCUT2D eigenvalue weighted by Crippen LogP contribution is -2.57. The number of carbonyl (C=O) groups excluding carboxylic acids is 1. The fourth-order valence-corrected chi connectivity index (χ4v) is 4.17. The second-order valence-electron chi connectivity index (χ2n) is 7.56. The van der Waals surface area contributed by atoms with Crippen LogP contribution in [0.1, 0.15) is 31.7 Å². The number of aryl methyl sites for hydroxylation is 1. The van der Waals surface area contributed by atoms with E-state index in [4.69, 9.17) is 19.4 Å². The van der Waals surface area contributed by atoms with Gasteiger partial charge in [0.25, 0.3) is 0 Å². The third-order valence-electron chi connectivity index (χ3n) is 5.72. The van der Waals surface area contributed by atoms with Gasteiger partial charge in [-0.05, 0) is 50.4 Å². The van der Waals surface area contributed by atoms with Gasteiger partial charge in [0, 0.05) is 31.6 Å². The number of rotatable bonds is 3. The van der Waals surface area contributed by atoms with Crippen molar-refractivity contribution in [1.29, 1.82) is 0 Å². The lowest BCUT2D eigenvalue weighted by Gasteiger charge is -2.43. The van der Waals surface area contributed by atoms with Gasteiger partial charge in [0.1, 0.15) is 0 Å². The number of hydrogen-bond acceptors (Lipinski definition) is 5. The van der Waals surface area contributed by atoms with Crippen molar-refractivity contribution in [3.63, 3.8) is 0 Å². The van der Waals surface area contributed by atoms with Crippen molar-refractivity contribution >= 4 is 11.9 Å². The fourth-order valence-electron chi connectivity index (χ4n) is 4.17. The van der Waals surface area contributed by atoms with Crippen LogP contribution in [0.25, 0.3) is 0 Å². The molecule has 2 atom stereocenters. The lowest BCUT2D eigenvalue weighted by molar-refractivity contribution is -0.192. The van der Waals surface area contributed by atoms with Crippen LogP contribution in [0.5, 0.6) is 11.5 Å². The largest absolute Gasteiger partial charge is 0.490 e. The maximum Gasteiger partial charge on any atom is 0.490 e. The molecule has 0 aliphatic carbocycles. The van der Waals surface area contributed by atoms with Gasteiger partial charge in [-0.15, -0.1) is 0 Å². The van der Waals surface area contributed by atoms with Crippen LogP contribution in [-0.4, -0.2) is 71.5 Å². The number of carboxylic acids is 1. The second kappa shape index (κ2) is 9.11. The monoisotopic (exact) mass is 430 g/mol. The van der Waals surface area contributed by atoms with Crippen LogP contribution >= 0.6 is 0 Å². The summed E-state index contributed by atoms with van der Waals surface area (Å²) < 4.78 is 42.5. The summed E-state index contributed by atoms with van der Waals surface area (Å²) in [5.74, 6) is -0.886. The van der Waals surface area contributed by atoms with Gasteiger partial charge in [-0.1, -0.05) is 6.07 Å². The Kier molecular flexibility index (Phi) is 6.74. The van der Waals surface area contributed by atoms with Gasteiger partial charge in [-0.3, -0.25) is 9.69 Å². The van der Waals surface area contributed by atoms with E-state index >= 15 is 0 Å². The number of piperazine rings is 1. The summed E-state index contributed by atoms with van der Waals surface area (Å²) in [4.78, 5) is 26.2. The van der Waals surface area contributed by atoms with E-state index < -0.39 is 12.1 Å². The van der Waals surface area contributed by atoms with E-state index in [1.54, 1.807) is 0 Å². The Labute approximate surface area is 172 Å². The van der Waals surface area contributed by atoms with Gasteiger partial charge in [0.05, 0.1) is 0 Å². The number of halogens is 3. The Morgan fingerprint density at radius 2 is 1.87 bits per heavy atom. The Balaban J connectivity index is 0.000000318. The van der Waals surface area contributed by atoms with E-state index in [-0.39, 0.29) is 5.91 Å². The van der Waals surface area contributed by atoms with E-state index in [0.717, 1.165) is 36.6 Å². The van der Waals surface area contributed by atoms with Crippen LogP contribution in [0.15, 0.2) is 18.2 Å². The number of aliphatic carboxylic acids is 1. The topological polar surface area (TPSA) is 79.3 Å². The number of benzene rings is 1. The van der Waals surface area contributed by atoms with Gasteiger partial charge in [-0.2, -0.15) is 13.2 Å². The molecule has 10 heteroatoms. The Morgan fingerprint density at radius 3 is 2.57 bits per heavy atom. The van der Waals surface area contributed by atoms with Gasteiger partial charge in [0.15, 0.2) is 11.5 Å². The molecule has 2 fully saturated rings. The van der Waals surface area contributed by atoms with Gasteiger partial charge < -0.3 is 19.5 Å². The molecule has 0 bridgehead atoms. The maximum absolute atomic E-state index is 12.7. The summed E-state index contributed by atoms with van der Waals surface area (Å²) in [6.07, 6.45) is -1.26. The number of carboxylic acid groups (broad SMARTS) is 1. The number of hydrogen-bond donors (Lipinski definition) is 1. The first-order valence-electron chi connectivity index (χ1n) is 9.89. The normalized spacial score (nSPS) is 22.9. The summed E-state index contributed by atoms with van der Waals surface area (Å²) in [7, 11) is 0. The summed E-state index contributed by atoms with van der Waals surface area (Å²) in [6, 6.07) is 6.86. The highest BCUT2D eigenvalue weighted by Crippen LogP contribution is 2.33. The highest BCUT2D eigenvalue weighted by Gasteiger charge is 2.39. The number of ether oxygens (including phenoxy) is 2. The maximum atomic E-state index is 12.7. The van der Waals surface area contributed by atoms with Crippen LogP contribution in [-0.2, 0) is 16.0 Å². The van der Waals surface area contributed by atoms with Crippen LogP contribution < -0.4 is 9.47 Å². The average molecular weight is 430 g/mol. The van der Waals surface area contributed by atoms with Gasteiger partial charge in [-0.25, -0.2) is 4.79 Å². The predicted molar refractivity (Wildman–Crippen MR) is 100 cm³/mol. The van der Waals surface area contributed by atoms with E-state index in [9.17, 15) is 18.0 Å². The van der Waals surface area contributed by atoms with E-state index in [2.05, 4.69) is 16.7 Å².